The highest BCUT2D eigenvalue weighted by molar-refractivity contribution is 8.00. The monoisotopic (exact) mass is 261 g/mol. The number of hydrogen-bond donors (Lipinski definition) is 0. The molecule has 0 unspecified atom stereocenters. The maximum atomic E-state index is 8.90. The minimum absolute atomic E-state index is 0.0648. The van der Waals surface area contributed by atoms with Gasteiger partial charge in [0.15, 0.2) is 0 Å². The number of rotatable bonds is 2. The van der Waals surface area contributed by atoms with Gasteiger partial charge in [-0.1, -0.05) is 11.8 Å². The number of thioether (sulfide) groups is 1. The molecule has 0 radical (unpaired) electrons. The molecule has 0 amide bonds. The van der Waals surface area contributed by atoms with E-state index in [4.69, 9.17) is 5.26 Å². The maximum absolute atomic E-state index is 8.90. The molecule has 0 saturated carbocycles. The first-order chi connectivity index (χ1) is 8.29. The zero-order valence-electron chi connectivity index (χ0n) is 9.43. The highest BCUT2D eigenvalue weighted by atomic mass is 32.2. The lowest BCUT2D eigenvalue weighted by atomic mass is 10.2. The molecule has 17 heavy (non-hydrogen) atoms. The minimum Gasteiger partial charge on any atom is -0.229 e. The highest BCUT2D eigenvalue weighted by Gasteiger charge is 2.21. The number of thiophene rings is 1. The molecule has 0 aliphatic heterocycles. The second-order valence-electron chi connectivity index (χ2n) is 4.11. The topological polar surface area (TPSA) is 49.6 Å². The normalized spacial score (nSPS) is 15.8. The Morgan fingerprint density at radius 1 is 1.47 bits per heavy atom. The van der Waals surface area contributed by atoms with E-state index in [1.807, 2.05) is 6.92 Å². The van der Waals surface area contributed by atoms with Crippen molar-refractivity contribution in [3.8, 4) is 6.07 Å². The Balaban J connectivity index is 2.15. The van der Waals surface area contributed by atoms with E-state index in [2.05, 4.69) is 16.0 Å². The molecule has 0 bridgehead atoms. The second-order valence-corrected chi connectivity index (χ2v) is 6.52. The van der Waals surface area contributed by atoms with Crippen LogP contribution in [0, 0.1) is 11.3 Å². The molecule has 0 spiro atoms. The number of nitrogens with zero attached hydrogens (tertiary/aromatic N) is 3. The molecule has 3 rings (SSSR count). The summed E-state index contributed by atoms with van der Waals surface area (Å²) in [7, 11) is 0. The van der Waals surface area contributed by atoms with E-state index in [0.717, 1.165) is 16.3 Å². The molecule has 1 aliphatic carbocycles. The third-order valence-corrected chi connectivity index (χ3v) is 5.13. The van der Waals surface area contributed by atoms with Crippen LogP contribution in [0.5, 0.6) is 0 Å². The van der Waals surface area contributed by atoms with Gasteiger partial charge in [0.25, 0.3) is 0 Å². The van der Waals surface area contributed by atoms with E-state index in [9.17, 15) is 0 Å². The minimum atomic E-state index is -0.0648. The van der Waals surface area contributed by atoms with Crippen LogP contribution in [0.2, 0.25) is 0 Å². The van der Waals surface area contributed by atoms with Crippen LogP contribution in [0.1, 0.15) is 23.8 Å². The number of aryl methyl sites for hydroxylation is 2. The molecule has 5 heteroatoms. The van der Waals surface area contributed by atoms with Crippen molar-refractivity contribution in [1.29, 1.82) is 5.26 Å². The van der Waals surface area contributed by atoms with Crippen molar-refractivity contribution in [3.63, 3.8) is 0 Å². The van der Waals surface area contributed by atoms with Crippen molar-refractivity contribution >= 4 is 33.3 Å². The first kappa shape index (κ1) is 11.0. The maximum Gasteiger partial charge on any atom is 0.128 e. The lowest BCUT2D eigenvalue weighted by Gasteiger charge is -2.04. The van der Waals surface area contributed by atoms with E-state index >= 15 is 0 Å². The van der Waals surface area contributed by atoms with Crippen molar-refractivity contribution < 1.29 is 0 Å². The quantitative estimate of drug-likeness (QED) is 0.615. The van der Waals surface area contributed by atoms with Gasteiger partial charge in [-0.2, -0.15) is 5.26 Å². The zero-order chi connectivity index (χ0) is 11.8. The van der Waals surface area contributed by atoms with Gasteiger partial charge in [0.1, 0.15) is 16.2 Å². The third-order valence-electron chi connectivity index (χ3n) is 2.94. The van der Waals surface area contributed by atoms with Crippen LogP contribution in [0.15, 0.2) is 11.4 Å². The molecule has 2 aromatic rings. The van der Waals surface area contributed by atoms with Gasteiger partial charge in [0, 0.05) is 10.3 Å². The summed E-state index contributed by atoms with van der Waals surface area (Å²) >= 11 is 3.33. The second kappa shape index (κ2) is 4.28. The molecule has 86 valence electrons. The summed E-state index contributed by atoms with van der Waals surface area (Å²) in [6, 6.07) is 2.24. The summed E-state index contributed by atoms with van der Waals surface area (Å²) in [6.07, 6.45) is 5.16. The smallest absolute Gasteiger partial charge is 0.128 e. The van der Waals surface area contributed by atoms with Crippen LogP contribution in [-0.2, 0) is 12.8 Å². The Labute approximate surface area is 108 Å². The summed E-state index contributed by atoms with van der Waals surface area (Å²) in [5.41, 5.74) is 1.43. The number of fused-ring (bicyclic) bond motifs is 3. The lowest BCUT2D eigenvalue weighted by Crippen LogP contribution is -1.93. The van der Waals surface area contributed by atoms with Gasteiger partial charge < -0.3 is 0 Å². The Morgan fingerprint density at radius 3 is 3.18 bits per heavy atom. The van der Waals surface area contributed by atoms with Gasteiger partial charge in [-0.15, -0.1) is 11.3 Å². The molecule has 0 aromatic carbocycles. The summed E-state index contributed by atoms with van der Waals surface area (Å²) in [5.74, 6) is 0. The predicted molar refractivity (Wildman–Crippen MR) is 70.4 cm³/mol. The van der Waals surface area contributed by atoms with E-state index in [-0.39, 0.29) is 5.25 Å². The Kier molecular flexibility index (Phi) is 2.77. The number of aromatic nitrogens is 2. The van der Waals surface area contributed by atoms with Gasteiger partial charge >= 0.3 is 0 Å². The summed E-state index contributed by atoms with van der Waals surface area (Å²) in [5, 5.41) is 11.0. The van der Waals surface area contributed by atoms with Crippen LogP contribution in [0.3, 0.4) is 0 Å². The van der Waals surface area contributed by atoms with Crippen molar-refractivity contribution in [3.05, 3.63) is 16.8 Å². The van der Waals surface area contributed by atoms with Crippen molar-refractivity contribution in [1.82, 2.24) is 9.97 Å². The van der Waals surface area contributed by atoms with Crippen LogP contribution in [-0.4, -0.2) is 15.2 Å². The highest BCUT2D eigenvalue weighted by Crippen LogP contribution is 2.40. The fourth-order valence-electron chi connectivity index (χ4n) is 2.18. The molecule has 0 fully saturated rings. The summed E-state index contributed by atoms with van der Waals surface area (Å²) < 4.78 is 0. The fraction of sp³-hybridized carbons (Fsp3) is 0.417. The van der Waals surface area contributed by atoms with E-state index < -0.39 is 0 Å². The molecular formula is C12H11N3S2. The average Bonchev–Trinajstić information content (AvgIpc) is 2.88. The van der Waals surface area contributed by atoms with Crippen LogP contribution >= 0.6 is 23.1 Å². The fourth-order valence-corrected chi connectivity index (χ4v) is 4.31. The third kappa shape index (κ3) is 1.81. The molecule has 1 atom stereocenters. The van der Waals surface area contributed by atoms with Gasteiger partial charge in [-0.25, -0.2) is 9.97 Å². The molecule has 2 heterocycles. The first-order valence-electron chi connectivity index (χ1n) is 5.61. The Hall–Kier alpha value is -1.12. The van der Waals surface area contributed by atoms with Crippen LogP contribution < -0.4 is 0 Å². The van der Waals surface area contributed by atoms with Crippen LogP contribution in [0.25, 0.3) is 10.2 Å². The van der Waals surface area contributed by atoms with Gasteiger partial charge in [-0.3, -0.25) is 0 Å². The van der Waals surface area contributed by atoms with Crippen LogP contribution in [0.4, 0.5) is 0 Å². The van der Waals surface area contributed by atoms with Gasteiger partial charge in [0.2, 0.25) is 0 Å². The number of hydrogen-bond acceptors (Lipinski definition) is 5. The Morgan fingerprint density at radius 2 is 2.35 bits per heavy atom. The van der Waals surface area contributed by atoms with Crippen molar-refractivity contribution in [2.45, 2.75) is 36.5 Å². The zero-order valence-corrected chi connectivity index (χ0v) is 11.1. The number of nitriles is 1. The molecule has 1 aliphatic rings. The SMILES string of the molecule is C[C@@H](C#N)Sc1ncnc2sc3c(c12)CCC3. The average molecular weight is 261 g/mol. The molecule has 0 saturated heterocycles. The molecule has 2 aromatic heterocycles. The predicted octanol–water partition coefficient (Wildman–Crippen LogP) is 3.18. The van der Waals surface area contributed by atoms with E-state index in [1.165, 1.54) is 40.4 Å². The standard InChI is InChI=1S/C12H11N3S2/c1-7(5-13)16-11-10-8-3-2-4-9(8)17-12(10)15-6-14-11/h6-7H,2-4H2,1H3/t7-/m0/s1. The largest absolute Gasteiger partial charge is 0.229 e. The van der Waals surface area contributed by atoms with E-state index in [0.29, 0.717) is 0 Å². The molecular weight excluding hydrogens is 250 g/mol. The molecule has 0 N–H and O–H groups in total. The van der Waals surface area contributed by atoms with Crippen molar-refractivity contribution in [2.24, 2.45) is 0 Å². The van der Waals surface area contributed by atoms with E-state index in [1.54, 1.807) is 17.7 Å². The lowest BCUT2D eigenvalue weighted by molar-refractivity contribution is 0.915. The van der Waals surface area contributed by atoms with Gasteiger partial charge in [0.05, 0.1) is 11.3 Å². The Bertz CT molecular complexity index is 612. The van der Waals surface area contributed by atoms with Crippen molar-refractivity contribution in [2.75, 3.05) is 0 Å². The summed E-state index contributed by atoms with van der Waals surface area (Å²) in [4.78, 5) is 11.2. The first-order valence-corrected chi connectivity index (χ1v) is 7.30. The molecule has 3 nitrogen and oxygen atoms in total. The van der Waals surface area contributed by atoms with Gasteiger partial charge in [-0.05, 0) is 31.7 Å². The summed E-state index contributed by atoms with van der Waals surface area (Å²) in [6.45, 7) is 1.91.